The van der Waals surface area contributed by atoms with Crippen LogP contribution in [0.25, 0.3) is 0 Å². The lowest BCUT2D eigenvalue weighted by atomic mass is 10.1. The molecule has 0 saturated heterocycles. The van der Waals surface area contributed by atoms with E-state index in [9.17, 15) is 26.4 Å². The zero-order valence-electron chi connectivity index (χ0n) is 16.2. The molecule has 0 unspecified atom stereocenters. The number of alkyl halides is 3. The number of nitrogens with one attached hydrogen (secondary N) is 2. The fourth-order valence-electron chi connectivity index (χ4n) is 2.47. The lowest BCUT2D eigenvalue weighted by molar-refractivity contribution is -0.121. The smallest absolute Gasteiger partial charge is 0.402 e. The molecule has 0 atom stereocenters. The number of carbonyl (C=O) groups excluding carboxylic acids is 1. The Kier molecular flexibility index (Phi) is 7.68. The number of ether oxygens (including phenoxy) is 2. The fraction of sp³-hybridized carbons (Fsp3) is 0.316. The average molecular weight is 446 g/mol. The lowest BCUT2D eigenvalue weighted by Gasteiger charge is -2.11. The Labute approximate surface area is 172 Å². The molecule has 0 aliphatic rings. The monoisotopic (exact) mass is 446 g/mol. The third kappa shape index (κ3) is 7.23. The third-order valence-corrected chi connectivity index (χ3v) is 5.38. The molecule has 0 aromatic heterocycles. The first-order chi connectivity index (χ1) is 14.0. The van der Waals surface area contributed by atoms with Gasteiger partial charge in [-0.15, -0.1) is 0 Å². The quantitative estimate of drug-likeness (QED) is 0.617. The molecule has 2 N–H and O–H groups in total. The number of hydrogen-bond acceptors (Lipinski definition) is 5. The Hall–Kier alpha value is -2.79. The molecule has 0 radical (unpaired) electrons. The SMILES string of the molecule is COc1cc(CCC(=O)Nc2ccc(S(=O)(=O)NCC(F)(F)F)cc2)cc(OC)c1. The average Bonchev–Trinajstić information content (AvgIpc) is 2.70. The van der Waals surface area contributed by atoms with Gasteiger partial charge < -0.3 is 14.8 Å². The van der Waals surface area contributed by atoms with Gasteiger partial charge in [0.1, 0.15) is 18.0 Å². The van der Waals surface area contributed by atoms with Crippen LogP contribution in [-0.4, -0.2) is 41.3 Å². The van der Waals surface area contributed by atoms with Crippen molar-refractivity contribution in [1.82, 2.24) is 4.72 Å². The molecule has 1 amide bonds. The van der Waals surface area contributed by atoms with E-state index >= 15 is 0 Å². The molecule has 30 heavy (non-hydrogen) atoms. The summed E-state index contributed by atoms with van der Waals surface area (Å²) in [7, 11) is -1.26. The van der Waals surface area contributed by atoms with Crippen molar-refractivity contribution in [2.75, 3.05) is 26.1 Å². The first kappa shape index (κ1) is 23.5. The topological polar surface area (TPSA) is 93.7 Å². The number of amides is 1. The normalized spacial score (nSPS) is 11.8. The molecule has 2 aromatic rings. The summed E-state index contributed by atoms with van der Waals surface area (Å²) in [5.41, 5.74) is 1.15. The third-order valence-electron chi connectivity index (χ3n) is 3.96. The Balaban J connectivity index is 1.95. The zero-order valence-corrected chi connectivity index (χ0v) is 17.1. The van der Waals surface area contributed by atoms with E-state index in [1.165, 1.54) is 31.1 Å². The molecular weight excluding hydrogens is 425 g/mol. The van der Waals surface area contributed by atoms with Crippen LogP contribution >= 0.6 is 0 Å². The number of anilines is 1. The molecule has 0 aliphatic heterocycles. The first-order valence-electron chi connectivity index (χ1n) is 8.71. The molecule has 0 heterocycles. The van der Waals surface area contributed by atoms with Crippen LogP contribution in [0.3, 0.4) is 0 Å². The Morgan fingerprint density at radius 3 is 2.07 bits per heavy atom. The molecule has 164 valence electrons. The van der Waals surface area contributed by atoms with Gasteiger partial charge in [0.15, 0.2) is 0 Å². The van der Waals surface area contributed by atoms with Gasteiger partial charge in [-0.2, -0.15) is 13.2 Å². The van der Waals surface area contributed by atoms with E-state index < -0.39 is 22.7 Å². The largest absolute Gasteiger partial charge is 0.497 e. The second kappa shape index (κ2) is 9.81. The Bertz CT molecular complexity index is 954. The minimum absolute atomic E-state index is 0.142. The predicted octanol–water partition coefficient (Wildman–Crippen LogP) is 3.12. The summed E-state index contributed by atoms with van der Waals surface area (Å²) in [5, 5.41) is 2.61. The number of sulfonamides is 1. The highest BCUT2D eigenvalue weighted by Crippen LogP contribution is 2.23. The minimum Gasteiger partial charge on any atom is -0.497 e. The van der Waals surface area contributed by atoms with Gasteiger partial charge in [0.05, 0.1) is 19.1 Å². The van der Waals surface area contributed by atoms with E-state index in [-0.39, 0.29) is 17.2 Å². The number of benzene rings is 2. The van der Waals surface area contributed by atoms with E-state index in [0.29, 0.717) is 23.6 Å². The summed E-state index contributed by atoms with van der Waals surface area (Å²) in [6.45, 7) is -1.66. The van der Waals surface area contributed by atoms with Crippen molar-refractivity contribution in [3.63, 3.8) is 0 Å². The van der Waals surface area contributed by atoms with Crippen LogP contribution in [0, 0.1) is 0 Å². The van der Waals surface area contributed by atoms with Crippen LogP contribution in [-0.2, 0) is 21.2 Å². The minimum atomic E-state index is -4.66. The number of rotatable bonds is 9. The molecule has 0 bridgehead atoms. The summed E-state index contributed by atoms with van der Waals surface area (Å²) in [4.78, 5) is 11.8. The number of carbonyl (C=O) groups is 1. The van der Waals surface area contributed by atoms with Gasteiger partial charge in [-0.05, 0) is 48.4 Å². The van der Waals surface area contributed by atoms with Crippen LogP contribution in [0.2, 0.25) is 0 Å². The lowest BCUT2D eigenvalue weighted by Crippen LogP contribution is -2.33. The van der Waals surface area contributed by atoms with Crippen molar-refractivity contribution in [3.05, 3.63) is 48.0 Å². The number of aryl methyl sites for hydroxylation is 1. The van der Waals surface area contributed by atoms with Crippen LogP contribution in [0.15, 0.2) is 47.4 Å². The highest BCUT2D eigenvalue weighted by atomic mass is 32.2. The summed E-state index contributed by atoms with van der Waals surface area (Å²) in [6.07, 6.45) is -4.11. The van der Waals surface area contributed by atoms with Crippen LogP contribution in [0.5, 0.6) is 11.5 Å². The van der Waals surface area contributed by atoms with E-state index in [2.05, 4.69) is 5.32 Å². The van der Waals surface area contributed by atoms with Crippen molar-refractivity contribution in [1.29, 1.82) is 0 Å². The van der Waals surface area contributed by atoms with E-state index in [1.54, 1.807) is 18.2 Å². The second-order valence-electron chi connectivity index (χ2n) is 6.23. The first-order valence-corrected chi connectivity index (χ1v) is 10.2. The van der Waals surface area contributed by atoms with E-state index in [0.717, 1.165) is 17.7 Å². The maximum absolute atomic E-state index is 12.2. The molecule has 2 rings (SSSR count). The van der Waals surface area contributed by atoms with Crippen molar-refractivity contribution in [2.45, 2.75) is 23.9 Å². The summed E-state index contributed by atoms with van der Waals surface area (Å²) in [6, 6.07) is 10.1. The van der Waals surface area contributed by atoms with Gasteiger partial charge in [-0.3, -0.25) is 4.79 Å². The van der Waals surface area contributed by atoms with E-state index in [1.807, 2.05) is 0 Å². The van der Waals surface area contributed by atoms with Crippen molar-refractivity contribution in [2.24, 2.45) is 0 Å². The van der Waals surface area contributed by atoms with Gasteiger partial charge in [0, 0.05) is 18.2 Å². The Morgan fingerprint density at radius 2 is 1.57 bits per heavy atom. The highest BCUT2D eigenvalue weighted by molar-refractivity contribution is 7.89. The van der Waals surface area contributed by atoms with Crippen LogP contribution < -0.4 is 19.5 Å². The van der Waals surface area contributed by atoms with Crippen LogP contribution in [0.1, 0.15) is 12.0 Å². The van der Waals surface area contributed by atoms with Crippen LogP contribution in [0.4, 0.5) is 18.9 Å². The molecule has 0 saturated carbocycles. The van der Waals surface area contributed by atoms with Crippen molar-refractivity contribution >= 4 is 21.6 Å². The zero-order chi connectivity index (χ0) is 22.4. The molecule has 2 aromatic carbocycles. The standard InChI is InChI=1S/C19H21F3N2O5S/c1-28-15-9-13(10-16(11-15)29-2)3-8-18(25)24-14-4-6-17(7-5-14)30(26,27)23-12-19(20,21)22/h4-7,9-11,23H,3,8,12H2,1-2H3,(H,24,25). The summed E-state index contributed by atoms with van der Waals surface area (Å²) < 4.78 is 72.1. The van der Waals surface area contributed by atoms with Gasteiger partial charge in [0.25, 0.3) is 0 Å². The molecule has 0 spiro atoms. The van der Waals surface area contributed by atoms with Crippen molar-refractivity contribution < 1.29 is 35.9 Å². The second-order valence-corrected chi connectivity index (χ2v) is 8.00. The Morgan fingerprint density at radius 1 is 1.00 bits per heavy atom. The van der Waals surface area contributed by atoms with Gasteiger partial charge in [-0.25, -0.2) is 13.1 Å². The number of methoxy groups -OCH3 is 2. The molecular formula is C19H21F3N2O5S. The maximum Gasteiger partial charge on any atom is 0.402 e. The van der Waals surface area contributed by atoms with E-state index in [4.69, 9.17) is 9.47 Å². The molecule has 0 fully saturated rings. The molecule has 0 aliphatic carbocycles. The van der Waals surface area contributed by atoms with Gasteiger partial charge >= 0.3 is 6.18 Å². The number of hydrogen-bond donors (Lipinski definition) is 2. The highest BCUT2D eigenvalue weighted by Gasteiger charge is 2.30. The summed E-state index contributed by atoms with van der Waals surface area (Å²) >= 11 is 0. The molecule has 7 nitrogen and oxygen atoms in total. The van der Waals surface area contributed by atoms with Gasteiger partial charge in [-0.1, -0.05) is 0 Å². The fourth-order valence-corrected chi connectivity index (χ4v) is 3.48. The number of halogens is 3. The van der Waals surface area contributed by atoms with Crippen molar-refractivity contribution in [3.8, 4) is 11.5 Å². The van der Waals surface area contributed by atoms with Gasteiger partial charge in [0.2, 0.25) is 15.9 Å². The molecule has 11 heteroatoms. The summed E-state index contributed by atoms with van der Waals surface area (Å²) in [5.74, 6) is 0.879. The predicted molar refractivity (Wildman–Crippen MR) is 104 cm³/mol. The maximum atomic E-state index is 12.2.